The minimum Gasteiger partial charge on any atom is -0.352 e. The summed E-state index contributed by atoms with van der Waals surface area (Å²) in [5.41, 5.74) is 6.64. The van der Waals surface area contributed by atoms with Crippen molar-refractivity contribution in [1.29, 1.82) is 0 Å². The van der Waals surface area contributed by atoms with Gasteiger partial charge in [0.2, 0.25) is 5.91 Å². The molecule has 0 fully saturated rings. The molecule has 18 heavy (non-hydrogen) atoms. The standard InChI is InChI=1S/C13H24N4O/c1-4-5-6-7-10(2)16-13(18)12(14)11-8-15-17(3)9-11/h8-10,12H,4-7,14H2,1-3H3,(H,16,18). The van der Waals surface area contributed by atoms with Gasteiger partial charge in [0.25, 0.3) is 0 Å². The summed E-state index contributed by atoms with van der Waals surface area (Å²) >= 11 is 0. The van der Waals surface area contributed by atoms with Crippen LogP contribution in [0.3, 0.4) is 0 Å². The number of hydrogen-bond donors (Lipinski definition) is 2. The maximum absolute atomic E-state index is 11.9. The first-order valence-electron chi connectivity index (χ1n) is 6.59. The smallest absolute Gasteiger partial charge is 0.241 e. The summed E-state index contributed by atoms with van der Waals surface area (Å²) in [6, 6.07) is -0.459. The quantitative estimate of drug-likeness (QED) is 0.722. The Balaban J connectivity index is 2.40. The molecule has 0 aromatic carbocycles. The zero-order valence-electron chi connectivity index (χ0n) is 11.5. The van der Waals surface area contributed by atoms with Crippen molar-refractivity contribution in [3.8, 4) is 0 Å². The Kier molecular flexibility index (Phi) is 5.85. The van der Waals surface area contributed by atoms with E-state index in [1.165, 1.54) is 12.8 Å². The van der Waals surface area contributed by atoms with Gasteiger partial charge in [-0.3, -0.25) is 9.48 Å². The second-order valence-electron chi connectivity index (χ2n) is 4.83. The number of aromatic nitrogens is 2. The van der Waals surface area contributed by atoms with Crippen LogP contribution in [0.25, 0.3) is 0 Å². The Labute approximate surface area is 109 Å². The van der Waals surface area contributed by atoms with Crippen LogP contribution in [-0.4, -0.2) is 21.7 Å². The van der Waals surface area contributed by atoms with Gasteiger partial charge in [-0.05, 0) is 13.3 Å². The SMILES string of the molecule is CCCCCC(C)NC(=O)C(N)c1cnn(C)c1. The van der Waals surface area contributed by atoms with Crippen LogP contribution in [0.5, 0.6) is 0 Å². The van der Waals surface area contributed by atoms with Gasteiger partial charge in [-0.1, -0.05) is 26.2 Å². The second kappa shape index (κ2) is 7.16. The average Bonchev–Trinajstić information content (AvgIpc) is 2.75. The molecule has 5 nitrogen and oxygen atoms in total. The van der Waals surface area contributed by atoms with E-state index >= 15 is 0 Å². The molecule has 5 heteroatoms. The number of hydrogen-bond acceptors (Lipinski definition) is 3. The highest BCUT2D eigenvalue weighted by molar-refractivity contribution is 5.82. The third-order valence-electron chi connectivity index (χ3n) is 3.00. The molecule has 1 aromatic rings. The summed E-state index contributed by atoms with van der Waals surface area (Å²) in [6.45, 7) is 4.19. The Hall–Kier alpha value is -1.36. The van der Waals surface area contributed by atoms with Crippen molar-refractivity contribution >= 4 is 5.91 Å². The van der Waals surface area contributed by atoms with E-state index in [9.17, 15) is 4.79 Å². The van der Waals surface area contributed by atoms with Crippen LogP contribution >= 0.6 is 0 Å². The van der Waals surface area contributed by atoms with E-state index in [1.807, 2.05) is 14.0 Å². The molecule has 0 aliphatic rings. The van der Waals surface area contributed by atoms with E-state index in [0.29, 0.717) is 0 Å². The van der Waals surface area contributed by atoms with Crippen LogP contribution in [0.15, 0.2) is 12.4 Å². The first-order chi connectivity index (χ1) is 8.54. The number of unbranched alkanes of at least 4 members (excludes halogenated alkanes) is 2. The van der Waals surface area contributed by atoms with Gasteiger partial charge in [0.05, 0.1) is 6.20 Å². The molecule has 0 radical (unpaired) electrons. The molecule has 0 spiro atoms. The van der Waals surface area contributed by atoms with E-state index in [0.717, 1.165) is 18.4 Å². The average molecular weight is 252 g/mol. The van der Waals surface area contributed by atoms with E-state index in [2.05, 4.69) is 17.3 Å². The number of carbonyl (C=O) groups excluding carboxylic acids is 1. The predicted octanol–water partition coefficient (Wildman–Crippen LogP) is 1.50. The number of amides is 1. The fourth-order valence-corrected chi connectivity index (χ4v) is 1.86. The second-order valence-corrected chi connectivity index (χ2v) is 4.83. The molecule has 0 saturated heterocycles. The van der Waals surface area contributed by atoms with Crippen LogP contribution in [0.1, 0.15) is 51.1 Å². The summed E-state index contributed by atoms with van der Waals surface area (Å²) in [4.78, 5) is 11.9. The summed E-state index contributed by atoms with van der Waals surface area (Å²) in [5.74, 6) is -0.132. The van der Waals surface area contributed by atoms with Crippen molar-refractivity contribution in [1.82, 2.24) is 15.1 Å². The maximum Gasteiger partial charge on any atom is 0.241 e. The highest BCUT2D eigenvalue weighted by Gasteiger charge is 2.18. The molecule has 3 N–H and O–H groups in total. The molecule has 2 unspecified atom stereocenters. The lowest BCUT2D eigenvalue weighted by atomic mass is 10.1. The number of carbonyl (C=O) groups is 1. The molecule has 2 atom stereocenters. The molecular weight excluding hydrogens is 228 g/mol. The highest BCUT2D eigenvalue weighted by Crippen LogP contribution is 2.10. The summed E-state index contributed by atoms with van der Waals surface area (Å²) in [6.07, 6.45) is 7.93. The summed E-state index contributed by atoms with van der Waals surface area (Å²) < 4.78 is 1.65. The van der Waals surface area contributed by atoms with Crippen LogP contribution in [0.4, 0.5) is 0 Å². The molecule has 0 saturated carbocycles. The molecule has 1 amide bonds. The van der Waals surface area contributed by atoms with Gasteiger partial charge in [-0.25, -0.2) is 0 Å². The van der Waals surface area contributed by atoms with Crippen molar-refractivity contribution in [3.63, 3.8) is 0 Å². The van der Waals surface area contributed by atoms with Gasteiger partial charge >= 0.3 is 0 Å². The monoisotopic (exact) mass is 252 g/mol. The fraction of sp³-hybridized carbons (Fsp3) is 0.692. The van der Waals surface area contributed by atoms with Crippen molar-refractivity contribution in [2.24, 2.45) is 12.8 Å². The van der Waals surface area contributed by atoms with E-state index in [-0.39, 0.29) is 11.9 Å². The first-order valence-corrected chi connectivity index (χ1v) is 6.59. The predicted molar refractivity (Wildman–Crippen MR) is 71.9 cm³/mol. The molecule has 1 rings (SSSR count). The number of nitrogens with one attached hydrogen (secondary N) is 1. The third kappa shape index (κ3) is 4.49. The molecule has 0 aliphatic heterocycles. The summed E-state index contributed by atoms with van der Waals surface area (Å²) in [7, 11) is 1.81. The van der Waals surface area contributed by atoms with Crippen LogP contribution < -0.4 is 11.1 Å². The lowest BCUT2D eigenvalue weighted by Crippen LogP contribution is -2.39. The van der Waals surface area contributed by atoms with Crippen molar-refractivity contribution in [2.75, 3.05) is 0 Å². The van der Waals surface area contributed by atoms with Crippen molar-refractivity contribution < 1.29 is 4.79 Å². The molecular formula is C13H24N4O. The van der Waals surface area contributed by atoms with E-state index in [4.69, 9.17) is 5.73 Å². The van der Waals surface area contributed by atoms with Crippen LogP contribution in [-0.2, 0) is 11.8 Å². The van der Waals surface area contributed by atoms with Crippen molar-refractivity contribution in [2.45, 2.75) is 51.6 Å². The number of nitrogens with two attached hydrogens (primary N) is 1. The normalized spacial score (nSPS) is 14.2. The highest BCUT2D eigenvalue weighted by atomic mass is 16.2. The lowest BCUT2D eigenvalue weighted by molar-refractivity contribution is -0.123. The van der Waals surface area contributed by atoms with E-state index < -0.39 is 6.04 Å². The molecule has 102 valence electrons. The van der Waals surface area contributed by atoms with Crippen LogP contribution in [0.2, 0.25) is 0 Å². The Morgan fingerprint density at radius 1 is 1.56 bits per heavy atom. The Morgan fingerprint density at radius 2 is 2.28 bits per heavy atom. The zero-order valence-corrected chi connectivity index (χ0v) is 11.5. The van der Waals surface area contributed by atoms with Crippen molar-refractivity contribution in [3.05, 3.63) is 18.0 Å². The first kappa shape index (κ1) is 14.7. The number of aryl methyl sites for hydroxylation is 1. The van der Waals surface area contributed by atoms with Gasteiger partial charge < -0.3 is 11.1 Å². The number of rotatable bonds is 7. The Bertz CT molecular complexity index is 375. The minimum absolute atomic E-state index is 0.132. The largest absolute Gasteiger partial charge is 0.352 e. The minimum atomic E-state index is -0.632. The molecule has 0 aliphatic carbocycles. The van der Waals surface area contributed by atoms with Gasteiger partial charge in [-0.15, -0.1) is 0 Å². The molecule has 1 aromatic heterocycles. The van der Waals surface area contributed by atoms with Crippen LogP contribution in [0, 0.1) is 0 Å². The fourth-order valence-electron chi connectivity index (χ4n) is 1.86. The summed E-state index contributed by atoms with van der Waals surface area (Å²) in [5, 5.41) is 6.96. The topological polar surface area (TPSA) is 72.9 Å². The van der Waals surface area contributed by atoms with E-state index in [1.54, 1.807) is 17.1 Å². The van der Waals surface area contributed by atoms with Gasteiger partial charge in [-0.2, -0.15) is 5.10 Å². The Morgan fingerprint density at radius 3 is 2.83 bits per heavy atom. The third-order valence-corrected chi connectivity index (χ3v) is 3.00. The zero-order chi connectivity index (χ0) is 13.5. The molecule has 1 heterocycles. The number of nitrogens with zero attached hydrogens (tertiary/aromatic N) is 2. The maximum atomic E-state index is 11.9. The molecule has 0 bridgehead atoms. The lowest BCUT2D eigenvalue weighted by Gasteiger charge is -2.16. The van der Waals surface area contributed by atoms with Gasteiger partial charge in [0.15, 0.2) is 0 Å². The van der Waals surface area contributed by atoms with Gasteiger partial charge in [0, 0.05) is 24.8 Å². The van der Waals surface area contributed by atoms with Gasteiger partial charge in [0.1, 0.15) is 6.04 Å².